The first-order chi connectivity index (χ1) is 14.6. The minimum atomic E-state index is -0.310. The molecule has 0 bridgehead atoms. The molecule has 8 heteroatoms. The van der Waals surface area contributed by atoms with E-state index < -0.39 is 0 Å². The predicted molar refractivity (Wildman–Crippen MR) is 111 cm³/mol. The van der Waals surface area contributed by atoms with Crippen LogP contribution in [0, 0.1) is 0 Å². The van der Waals surface area contributed by atoms with Gasteiger partial charge in [0.15, 0.2) is 11.5 Å². The maximum Gasteiger partial charge on any atom is 0.271 e. The van der Waals surface area contributed by atoms with Crippen molar-refractivity contribution in [2.45, 2.75) is 13.5 Å². The lowest BCUT2D eigenvalue weighted by Gasteiger charge is -2.27. The van der Waals surface area contributed by atoms with Crippen LogP contribution in [0.4, 0.5) is 0 Å². The maximum atomic E-state index is 12.5. The molecular weight excluding hydrogens is 386 g/mol. The molecule has 30 heavy (non-hydrogen) atoms. The molecule has 158 valence electrons. The van der Waals surface area contributed by atoms with E-state index in [1.807, 2.05) is 19.1 Å². The van der Waals surface area contributed by atoms with E-state index in [2.05, 4.69) is 21.5 Å². The predicted octanol–water partition coefficient (Wildman–Crippen LogP) is 2.41. The van der Waals surface area contributed by atoms with Crippen LogP contribution in [0.5, 0.6) is 17.2 Å². The van der Waals surface area contributed by atoms with Gasteiger partial charge in [0.25, 0.3) is 5.91 Å². The van der Waals surface area contributed by atoms with Gasteiger partial charge in [0.05, 0.1) is 26.0 Å². The zero-order chi connectivity index (χ0) is 20.9. The van der Waals surface area contributed by atoms with E-state index in [9.17, 15) is 4.79 Å². The second kappa shape index (κ2) is 9.15. The van der Waals surface area contributed by atoms with Crippen LogP contribution < -0.4 is 19.6 Å². The number of hydrazone groups is 1. The van der Waals surface area contributed by atoms with Gasteiger partial charge >= 0.3 is 0 Å². The molecule has 0 radical (unpaired) electrons. The minimum Gasteiger partial charge on any atom is -0.496 e. The minimum absolute atomic E-state index is 0.169. The highest BCUT2D eigenvalue weighted by Gasteiger charge is 2.17. The lowest BCUT2D eigenvalue weighted by atomic mass is 10.1. The van der Waals surface area contributed by atoms with Crippen molar-refractivity contribution in [1.29, 1.82) is 0 Å². The Morgan fingerprint density at radius 1 is 1.10 bits per heavy atom. The van der Waals surface area contributed by atoms with Crippen molar-refractivity contribution in [1.82, 2.24) is 10.3 Å². The third-order valence-corrected chi connectivity index (χ3v) is 5.16. The average molecular weight is 411 g/mol. The first-order valence-electron chi connectivity index (χ1n) is 9.85. The summed E-state index contributed by atoms with van der Waals surface area (Å²) in [5.74, 6) is 1.72. The van der Waals surface area contributed by atoms with Crippen molar-refractivity contribution in [3.05, 3.63) is 53.1 Å². The summed E-state index contributed by atoms with van der Waals surface area (Å²) < 4.78 is 21.5. The molecule has 0 unspecified atom stereocenters. The highest BCUT2D eigenvalue weighted by Crippen LogP contribution is 2.32. The molecule has 0 atom stereocenters. The van der Waals surface area contributed by atoms with Gasteiger partial charge in [-0.1, -0.05) is 0 Å². The molecule has 0 saturated carbocycles. The normalized spacial score (nSPS) is 16.4. The van der Waals surface area contributed by atoms with Crippen LogP contribution in [0.3, 0.4) is 0 Å². The number of carbonyl (C=O) groups is 1. The maximum absolute atomic E-state index is 12.5. The summed E-state index contributed by atoms with van der Waals surface area (Å²) in [5, 5.41) is 4.28. The fourth-order valence-corrected chi connectivity index (χ4v) is 3.43. The highest BCUT2D eigenvalue weighted by molar-refractivity contribution is 6.01. The fraction of sp³-hybridized carbons (Fsp3) is 0.364. The zero-order valence-corrected chi connectivity index (χ0v) is 17.1. The number of benzene rings is 2. The van der Waals surface area contributed by atoms with Crippen LogP contribution >= 0.6 is 0 Å². The van der Waals surface area contributed by atoms with Gasteiger partial charge in [0, 0.05) is 30.8 Å². The molecule has 2 aromatic carbocycles. The molecule has 1 fully saturated rings. The van der Waals surface area contributed by atoms with Crippen LogP contribution in [-0.4, -0.2) is 56.7 Å². The number of morpholine rings is 1. The van der Waals surface area contributed by atoms with Crippen LogP contribution in [0.2, 0.25) is 0 Å². The van der Waals surface area contributed by atoms with Crippen LogP contribution in [0.25, 0.3) is 0 Å². The molecule has 4 rings (SSSR count). The summed E-state index contributed by atoms with van der Waals surface area (Å²) in [4.78, 5) is 14.8. The second-order valence-corrected chi connectivity index (χ2v) is 7.12. The molecule has 1 amide bonds. The molecule has 1 N–H and O–H groups in total. The standard InChI is InChI=1S/C22H25N3O5/c1-15(23-24-22(26)17-4-6-20-21(12-17)30-14-29-20)16-3-5-19(27-2)18(11-16)13-25-7-9-28-10-8-25/h3-6,11-12H,7-10,13-14H2,1-2H3,(H,24,26)/b23-15-. The number of hydrogen-bond acceptors (Lipinski definition) is 7. The summed E-state index contributed by atoms with van der Waals surface area (Å²) in [6, 6.07) is 11.0. The topological polar surface area (TPSA) is 81.6 Å². The van der Waals surface area contributed by atoms with E-state index in [-0.39, 0.29) is 12.7 Å². The van der Waals surface area contributed by atoms with Gasteiger partial charge in [-0.3, -0.25) is 9.69 Å². The number of methoxy groups -OCH3 is 1. The van der Waals surface area contributed by atoms with Crippen LogP contribution in [-0.2, 0) is 11.3 Å². The molecule has 2 aliphatic heterocycles. The van der Waals surface area contributed by atoms with Crippen molar-refractivity contribution in [2.24, 2.45) is 5.10 Å². The third kappa shape index (κ3) is 4.55. The highest BCUT2D eigenvalue weighted by atomic mass is 16.7. The van der Waals surface area contributed by atoms with Crippen molar-refractivity contribution in [2.75, 3.05) is 40.2 Å². The van der Waals surface area contributed by atoms with E-state index in [0.29, 0.717) is 22.8 Å². The van der Waals surface area contributed by atoms with E-state index in [4.69, 9.17) is 18.9 Å². The van der Waals surface area contributed by atoms with Gasteiger partial charge in [-0.2, -0.15) is 5.10 Å². The number of amides is 1. The summed E-state index contributed by atoms with van der Waals surface area (Å²) >= 11 is 0. The number of rotatable bonds is 6. The molecule has 0 aromatic heterocycles. The van der Waals surface area contributed by atoms with Crippen LogP contribution in [0.1, 0.15) is 28.4 Å². The molecule has 1 saturated heterocycles. The number of nitrogens with one attached hydrogen (secondary N) is 1. The Morgan fingerprint density at radius 2 is 1.87 bits per heavy atom. The van der Waals surface area contributed by atoms with Gasteiger partial charge in [-0.15, -0.1) is 0 Å². The van der Waals surface area contributed by atoms with Gasteiger partial charge in [0.2, 0.25) is 6.79 Å². The number of hydrogen-bond donors (Lipinski definition) is 1. The van der Waals surface area contributed by atoms with E-state index in [1.165, 1.54) is 0 Å². The van der Waals surface area contributed by atoms with Gasteiger partial charge < -0.3 is 18.9 Å². The molecule has 0 spiro atoms. The number of nitrogens with zero attached hydrogens (tertiary/aromatic N) is 2. The molecule has 2 aliphatic rings. The largest absolute Gasteiger partial charge is 0.496 e. The first kappa shape index (κ1) is 20.2. The molecule has 8 nitrogen and oxygen atoms in total. The SMILES string of the molecule is COc1ccc(/C(C)=N\NC(=O)c2ccc3c(c2)OCO3)cc1CN1CCOCC1. The molecule has 0 aliphatic carbocycles. The van der Waals surface area contributed by atoms with Gasteiger partial charge in [-0.05, 0) is 48.9 Å². The average Bonchev–Trinajstić information content (AvgIpc) is 3.26. The molecule has 2 aromatic rings. The zero-order valence-electron chi connectivity index (χ0n) is 17.1. The van der Waals surface area contributed by atoms with Crippen molar-refractivity contribution in [3.63, 3.8) is 0 Å². The Morgan fingerprint density at radius 3 is 2.67 bits per heavy atom. The van der Waals surface area contributed by atoms with E-state index in [0.717, 1.165) is 49.7 Å². The lowest BCUT2D eigenvalue weighted by molar-refractivity contribution is 0.0339. The Labute approximate surface area is 175 Å². The second-order valence-electron chi connectivity index (χ2n) is 7.12. The quantitative estimate of drug-likeness (QED) is 0.581. The van der Waals surface area contributed by atoms with Crippen molar-refractivity contribution >= 4 is 11.6 Å². The first-order valence-corrected chi connectivity index (χ1v) is 9.85. The Hall–Kier alpha value is -3.10. The van der Waals surface area contributed by atoms with E-state index >= 15 is 0 Å². The number of fused-ring (bicyclic) bond motifs is 1. The van der Waals surface area contributed by atoms with E-state index in [1.54, 1.807) is 25.3 Å². The summed E-state index contributed by atoms with van der Waals surface area (Å²) in [5.41, 5.74) is 5.77. The molecular formula is C22H25N3O5. The Bertz CT molecular complexity index is 954. The fourth-order valence-electron chi connectivity index (χ4n) is 3.43. The number of ether oxygens (including phenoxy) is 4. The summed E-state index contributed by atoms with van der Waals surface area (Å²) in [7, 11) is 1.67. The Kier molecular flexibility index (Phi) is 6.15. The summed E-state index contributed by atoms with van der Waals surface area (Å²) in [6.45, 7) is 6.08. The number of carbonyl (C=O) groups excluding carboxylic acids is 1. The van der Waals surface area contributed by atoms with Gasteiger partial charge in [0.1, 0.15) is 5.75 Å². The van der Waals surface area contributed by atoms with Crippen molar-refractivity contribution < 1.29 is 23.7 Å². The lowest BCUT2D eigenvalue weighted by Crippen LogP contribution is -2.35. The summed E-state index contributed by atoms with van der Waals surface area (Å²) in [6.07, 6.45) is 0. The third-order valence-electron chi connectivity index (χ3n) is 5.16. The Balaban J connectivity index is 1.46. The molecule has 2 heterocycles. The van der Waals surface area contributed by atoms with Crippen molar-refractivity contribution in [3.8, 4) is 17.2 Å². The monoisotopic (exact) mass is 411 g/mol. The van der Waals surface area contributed by atoms with Crippen LogP contribution in [0.15, 0.2) is 41.5 Å². The smallest absolute Gasteiger partial charge is 0.271 e. The van der Waals surface area contributed by atoms with Gasteiger partial charge in [-0.25, -0.2) is 5.43 Å².